The van der Waals surface area contributed by atoms with Crippen molar-refractivity contribution in [2.45, 2.75) is 72.9 Å². The molecule has 0 aliphatic carbocycles. The van der Waals surface area contributed by atoms with Crippen LogP contribution in [0.15, 0.2) is 280 Å². The maximum atomic E-state index is 14.9. The van der Waals surface area contributed by atoms with Crippen molar-refractivity contribution in [2.75, 3.05) is 57.9 Å². The van der Waals surface area contributed by atoms with Gasteiger partial charge in [-0.05, 0) is 137 Å². The van der Waals surface area contributed by atoms with Crippen molar-refractivity contribution in [3.63, 3.8) is 0 Å². The molecule has 145 heavy (non-hydrogen) atoms. The van der Waals surface area contributed by atoms with Crippen LogP contribution >= 0.6 is 11.3 Å². The number of nitrogens with one attached hydrogen (secondary N) is 2. The summed E-state index contributed by atoms with van der Waals surface area (Å²) in [5.74, 6) is 2.24. The van der Waals surface area contributed by atoms with Crippen molar-refractivity contribution < 1.29 is 23.8 Å². The summed E-state index contributed by atoms with van der Waals surface area (Å²) >= 11 is 1.41. The van der Waals surface area contributed by atoms with Crippen LogP contribution in [0.3, 0.4) is 0 Å². The number of phenolic OH excluding ortho intramolecular Hbond substituents is 2. The fourth-order valence-corrected chi connectivity index (χ4v) is 18.7. The van der Waals surface area contributed by atoms with Gasteiger partial charge in [0.25, 0.3) is 0 Å². The Hall–Kier alpha value is -19.1. The van der Waals surface area contributed by atoms with Crippen LogP contribution in [0.4, 0.5) is 54.8 Å². The van der Waals surface area contributed by atoms with Crippen molar-refractivity contribution >= 4 is 172 Å². The number of halogens is 2. The Labute approximate surface area is 828 Å². The summed E-state index contributed by atoms with van der Waals surface area (Å²) in [6, 6.07) is 79.7. The summed E-state index contributed by atoms with van der Waals surface area (Å²) in [6.07, 6.45) is 5.70. The zero-order valence-corrected chi connectivity index (χ0v) is 79.9. The van der Waals surface area contributed by atoms with Gasteiger partial charge >= 0.3 is 0 Å². The normalized spacial score (nSPS) is 11.5. The number of hydrogen-bond donors (Lipinski definition) is 9. The first kappa shape index (κ1) is 92.3. The lowest BCUT2D eigenvalue weighted by Crippen LogP contribution is -2.28. The average molecular weight is 1940 g/mol. The highest BCUT2D eigenvalue weighted by atomic mass is 32.1. The lowest BCUT2D eigenvalue weighted by molar-refractivity contribution is -0.114. The Bertz CT molecular complexity index is 9140. The molecule has 37 heteroatoms. The van der Waals surface area contributed by atoms with E-state index in [9.17, 15) is 23.8 Å². The van der Waals surface area contributed by atoms with Gasteiger partial charge in [-0.15, -0.1) is 0 Å². The number of amides is 1. The first-order valence-corrected chi connectivity index (χ1v) is 47.1. The molecular formula is C108H91F2N31O3S. The van der Waals surface area contributed by atoms with Crippen LogP contribution in [0.5, 0.6) is 11.5 Å². The molecule has 24 rings (SSSR count). The zero-order valence-electron chi connectivity index (χ0n) is 79.1. The maximum Gasteiger partial charge on any atom is 0.223 e. The van der Waals surface area contributed by atoms with Gasteiger partial charge in [-0.2, -0.15) is 20.4 Å². The minimum atomic E-state index is -0.580. The number of rotatable bonds is 19. The van der Waals surface area contributed by atoms with Gasteiger partial charge in [0.2, 0.25) is 5.91 Å². The molecule has 14 heterocycles. The van der Waals surface area contributed by atoms with Crippen molar-refractivity contribution in [3.05, 3.63) is 314 Å². The number of hydrogen-bond acceptors (Lipinski definition) is 29. The Balaban J connectivity index is 0.000000114. The van der Waals surface area contributed by atoms with Crippen molar-refractivity contribution in [1.29, 1.82) is 0 Å². The molecule has 0 atom stereocenters. The number of aromatic hydroxyl groups is 2. The fraction of sp³-hybridized carbons (Fsp3) is 0.120. The standard InChI is InChI=1S/C28H20FN9.C28H27N9OS.C27H19FN6O.C25H25N7O/c29-19-7-3-2-6-18(19)24-17(11-15-5-1-4-8-20(15)34-24)13-38-27-23(26(30)32-14-33-27)25(37-38)16-9-10-21-22(12-16)36-28(31)35-21;1-15(2)36(4)26-19(11-17-7-5-6-8-20(17)33-26)13-37-27-23(25(29)30-14-31-27)24(35-37)18-9-10-21-22(12-18)39-28(34-21)32-16(3)38;28-20-11-18(12-21(35)13-20)25-23-26(29)30-15-31-27(23)34(33-25)14-19-10-17-8-4-5-9-22(17)32-24(19)16-6-2-1-3-7-16;1-15(2)31(3)24-18(11-16-7-4-5-10-20(16)29-24)13-32-25-21(23(26)27-14-28-25)22(30-32)17-8-6-9-19(33)12-17/h1-12,14H,13H2,(H2,30,32,33)(H3,31,35,36);5-12,14-15H,13H2,1-4H3,(H2,29,30,31)(H,32,34,38);1-13,15,35H,14H2,(H2,29,30,31);4-12,14-15,33H,13H2,1-3H3,(H2,26,27,28). The van der Waals surface area contributed by atoms with Crippen LogP contribution < -0.4 is 43.8 Å². The molecule has 14 aromatic heterocycles. The summed E-state index contributed by atoms with van der Waals surface area (Å²) in [5, 5.41) is 49.3. The summed E-state index contributed by atoms with van der Waals surface area (Å²) in [7, 11) is 4.10. The van der Waals surface area contributed by atoms with E-state index >= 15 is 0 Å². The van der Waals surface area contributed by atoms with Crippen molar-refractivity contribution in [3.8, 4) is 79.0 Å². The SMILES string of the molecule is CC(=O)Nc1nc2ccc(-c3nn(Cc4cc5ccccc5nc4N(C)C(C)C)c4ncnc(N)c34)cc2s1.CC(C)N(C)c1nc2ccccc2cc1Cn1nc(-c2cccc(O)c2)c2c(N)ncnc21.Nc1nc2ccc(-c3nn(Cc4cc5ccccc5nc4-c4ccccc4F)c4ncnc(N)c34)cc2[nH]1.Nc1ncnc2c1c(-c1cc(O)cc(F)c1)nn2Cc1cc2ccccc2nc1-c1ccccc1. The monoisotopic (exact) mass is 1940 g/mol. The van der Waals surface area contributed by atoms with Crippen LogP contribution in [0.1, 0.15) is 56.9 Å². The number of thiazole rings is 1. The molecule has 0 fully saturated rings. The number of H-pyrrole nitrogens is 1. The second-order valence-electron chi connectivity index (χ2n) is 35.3. The second-order valence-corrected chi connectivity index (χ2v) is 36.3. The summed E-state index contributed by atoms with van der Waals surface area (Å²) < 4.78 is 37.1. The molecule has 0 saturated heterocycles. The van der Waals surface area contributed by atoms with E-state index < -0.39 is 5.82 Å². The number of pyridine rings is 4. The topological polar surface area (TPSA) is 474 Å². The number of anilines is 8. The molecule has 0 unspecified atom stereocenters. The number of nitrogen functional groups attached to an aromatic ring is 5. The number of nitrogens with zero attached hydrogens (tertiary/aromatic N) is 24. The molecule has 0 bridgehead atoms. The summed E-state index contributed by atoms with van der Waals surface area (Å²) in [5.41, 5.74) is 50.9. The molecule has 34 nitrogen and oxygen atoms in total. The number of imidazole rings is 1. The maximum absolute atomic E-state index is 14.9. The Morgan fingerprint density at radius 3 is 1.25 bits per heavy atom. The van der Waals surface area contributed by atoms with Crippen LogP contribution in [0.2, 0.25) is 0 Å². The molecule has 14 N–H and O–H groups in total. The molecule has 716 valence electrons. The highest BCUT2D eigenvalue weighted by molar-refractivity contribution is 7.22. The van der Waals surface area contributed by atoms with E-state index in [2.05, 4.69) is 135 Å². The Kier molecular flexibility index (Phi) is 24.6. The van der Waals surface area contributed by atoms with Crippen LogP contribution in [-0.2, 0) is 31.0 Å². The number of para-hydroxylation sites is 4. The number of fused-ring (bicyclic) bond motifs is 10. The minimum Gasteiger partial charge on any atom is -0.508 e. The van der Waals surface area contributed by atoms with Gasteiger partial charge in [0.15, 0.2) is 33.7 Å². The van der Waals surface area contributed by atoms with Crippen molar-refractivity contribution in [1.82, 2.24) is 114 Å². The highest BCUT2D eigenvalue weighted by Gasteiger charge is 2.28. The first-order valence-electron chi connectivity index (χ1n) is 46.2. The van der Waals surface area contributed by atoms with Gasteiger partial charge in [0.05, 0.1) is 102 Å². The molecule has 0 saturated carbocycles. The summed E-state index contributed by atoms with van der Waals surface area (Å²) in [6.45, 7) is 11.6. The first-order chi connectivity index (χ1) is 70.3. The zero-order chi connectivity index (χ0) is 100. The molecule has 0 aliphatic heterocycles. The van der Waals surface area contributed by atoms with Crippen LogP contribution in [0, 0.1) is 11.6 Å². The van der Waals surface area contributed by atoms with Gasteiger partial charge in [0, 0.05) is 116 Å². The predicted octanol–water partition coefficient (Wildman–Crippen LogP) is 19.4. The number of carbonyl (C=O) groups is 1. The van der Waals surface area contributed by atoms with E-state index in [-0.39, 0.29) is 47.7 Å². The molecule has 0 spiro atoms. The van der Waals surface area contributed by atoms with Crippen molar-refractivity contribution in [2.24, 2.45) is 0 Å². The van der Waals surface area contributed by atoms with E-state index in [1.807, 2.05) is 180 Å². The third-order valence-electron chi connectivity index (χ3n) is 25.1. The average Bonchev–Trinajstić information content (AvgIpc) is 1.62. The third kappa shape index (κ3) is 18.4. The Morgan fingerprint density at radius 2 is 0.779 bits per heavy atom. The smallest absolute Gasteiger partial charge is 0.223 e. The lowest BCUT2D eigenvalue weighted by atomic mass is 10.0. The highest BCUT2D eigenvalue weighted by Crippen LogP contribution is 2.42. The number of aromatic nitrogens is 23. The van der Waals surface area contributed by atoms with Crippen LogP contribution in [-0.4, -0.2) is 156 Å². The molecule has 24 aromatic rings. The second kappa shape index (κ2) is 38.6. The van der Waals surface area contributed by atoms with E-state index in [0.717, 1.165) is 133 Å². The number of benzene rings is 10. The quantitative estimate of drug-likeness (QED) is 0.0363. The Morgan fingerprint density at radius 1 is 0.379 bits per heavy atom. The number of carbonyl (C=O) groups excluding carboxylic acids is 1. The molecular weight excluding hydrogens is 1850 g/mol. The van der Waals surface area contributed by atoms with Gasteiger partial charge in [-0.1, -0.05) is 151 Å². The van der Waals surface area contributed by atoms with E-state index in [1.54, 1.807) is 45.8 Å². The number of phenols is 2. The number of aromatic amines is 1. The molecule has 10 aromatic carbocycles. The van der Waals surface area contributed by atoms with Crippen LogP contribution in [0.25, 0.3) is 177 Å². The lowest BCUT2D eigenvalue weighted by Gasteiger charge is -2.25. The minimum absolute atomic E-state index is 0.158. The van der Waals surface area contributed by atoms with Gasteiger partial charge in [-0.3, -0.25) is 4.79 Å². The molecule has 1 amide bonds. The van der Waals surface area contributed by atoms with Gasteiger partial charge < -0.3 is 59.0 Å². The molecule has 0 aliphatic rings. The van der Waals surface area contributed by atoms with E-state index in [4.69, 9.17) is 69.0 Å². The predicted molar refractivity (Wildman–Crippen MR) is 567 cm³/mol. The van der Waals surface area contributed by atoms with E-state index in [0.29, 0.717) is 132 Å². The van der Waals surface area contributed by atoms with Gasteiger partial charge in [-0.25, -0.2) is 97.3 Å². The summed E-state index contributed by atoms with van der Waals surface area (Å²) in [4.78, 5) is 82.1. The largest absolute Gasteiger partial charge is 0.508 e. The van der Waals surface area contributed by atoms with Gasteiger partial charge in [0.1, 0.15) is 106 Å². The molecule has 0 radical (unpaired) electrons. The fourth-order valence-electron chi connectivity index (χ4n) is 17.8. The van der Waals surface area contributed by atoms with E-state index in [1.165, 1.54) is 61.8 Å². The third-order valence-corrected chi connectivity index (χ3v) is 26.0. The number of nitrogens with two attached hydrogens (primary N) is 5.